The molecular formula is C21H19F4N5O2S. The largest absolute Gasteiger partial charge is 0.416 e. The predicted octanol–water partition coefficient (Wildman–Crippen LogP) is 4.12. The maximum Gasteiger partial charge on any atom is 0.416 e. The Hall–Kier alpha value is -3.41. The first kappa shape index (κ1) is 24.2. The molecule has 2 amide bonds. The number of rotatable bonds is 8. The fourth-order valence-electron chi connectivity index (χ4n) is 2.87. The zero-order valence-electron chi connectivity index (χ0n) is 17.3. The summed E-state index contributed by atoms with van der Waals surface area (Å²) < 4.78 is 53.8. The molecule has 7 nitrogen and oxygen atoms in total. The van der Waals surface area contributed by atoms with E-state index in [1.807, 2.05) is 6.92 Å². The first-order valence-corrected chi connectivity index (χ1v) is 10.7. The summed E-state index contributed by atoms with van der Waals surface area (Å²) in [5.41, 5.74) is -0.925. The highest BCUT2D eigenvalue weighted by Crippen LogP contribution is 2.30. The summed E-state index contributed by atoms with van der Waals surface area (Å²) in [6.07, 6.45) is -4.51. The Kier molecular flexibility index (Phi) is 7.69. The Morgan fingerprint density at radius 1 is 1.09 bits per heavy atom. The van der Waals surface area contributed by atoms with Gasteiger partial charge >= 0.3 is 6.18 Å². The lowest BCUT2D eigenvalue weighted by Crippen LogP contribution is -2.25. The number of alkyl halides is 3. The number of hydrogen-bond donors (Lipinski definition) is 2. The number of aromatic nitrogens is 3. The van der Waals surface area contributed by atoms with Gasteiger partial charge in [-0.05, 0) is 37.3 Å². The van der Waals surface area contributed by atoms with Gasteiger partial charge in [0.1, 0.15) is 5.82 Å². The van der Waals surface area contributed by atoms with Gasteiger partial charge in [-0.15, -0.1) is 10.2 Å². The third-order valence-corrected chi connectivity index (χ3v) is 5.41. The van der Waals surface area contributed by atoms with Crippen LogP contribution in [0.4, 0.5) is 23.2 Å². The Bertz CT molecular complexity index is 1150. The van der Waals surface area contributed by atoms with E-state index in [0.29, 0.717) is 17.5 Å². The molecule has 2 aromatic carbocycles. The molecule has 12 heteroatoms. The van der Waals surface area contributed by atoms with Gasteiger partial charge in [-0.3, -0.25) is 9.59 Å². The van der Waals surface area contributed by atoms with E-state index >= 15 is 0 Å². The molecule has 33 heavy (non-hydrogen) atoms. The number of hydrogen-bond acceptors (Lipinski definition) is 5. The predicted molar refractivity (Wildman–Crippen MR) is 114 cm³/mol. The van der Waals surface area contributed by atoms with E-state index in [4.69, 9.17) is 0 Å². The molecule has 2 N–H and O–H groups in total. The molecule has 0 unspecified atom stereocenters. The van der Waals surface area contributed by atoms with Crippen molar-refractivity contribution in [1.29, 1.82) is 0 Å². The molecule has 0 radical (unpaired) electrons. The minimum atomic E-state index is -4.51. The maximum absolute atomic E-state index is 13.7. The Morgan fingerprint density at radius 2 is 1.85 bits per heavy atom. The van der Waals surface area contributed by atoms with Crippen molar-refractivity contribution in [3.8, 4) is 0 Å². The van der Waals surface area contributed by atoms with Gasteiger partial charge in [0.05, 0.1) is 23.4 Å². The number of halogens is 4. The highest BCUT2D eigenvalue weighted by molar-refractivity contribution is 7.99. The number of anilines is 1. The molecule has 0 saturated carbocycles. The molecule has 1 aromatic heterocycles. The van der Waals surface area contributed by atoms with Crippen LogP contribution in [0.2, 0.25) is 0 Å². The molecule has 0 saturated heterocycles. The van der Waals surface area contributed by atoms with Crippen molar-refractivity contribution in [2.75, 3.05) is 11.1 Å². The molecule has 3 rings (SSSR count). The van der Waals surface area contributed by atoms with Crippen LogP contribution in [-0.4, -0.2) is 32.3 Å². The van der Waals surface area contributed by atoms with Crippen LogP contribution >= 0.6 is 11.8 Å². The number of carbonyl (C=O) groups excluding carboxylic acids is 2. The van der Waals surface area contributed by atoms with Crippen LogP contribution in [0.5, 0.6) is 0 Å². The van der Waals surface area contributed by atoms with Crippen LogP contribution in [0.15, 0.2) is 53.7 Å². The second-order valence-corrected chi connectivity index (χ2v) is 7.66. The van der Waals surface area contributed by atoms with E-state index in [1.165, 1.54) is 30.3 Å². The highest BCUT2D eigenvalue weighted by Gasteiger charge is 2.30. The smallest absolute Gasteiger partial charge is 0.345 e. The van der Waals surface area contributed by atoms with Gasteiger partial charge in [0.25, 0.3) is 5.91 Å². The summed E-state index contributed by atoms with van der Waals surface area (Å²) in [6.45, 7) is 2.25. The van der Waals surface area contributed by atoms with Gasteiger partial charge < -0.3 is 15.2 Å². The average Bonchev–Trinajstić information content (AvgIpc) is 3.17. The fraction of sp³-hybridized carbons (Fsp3) is 0.238. The van der Waals surface area contributed by atoms with Crippen LogP contribution < -0.4 is 10.6 Å². The number of nitrogens with zero attached hydrogens (tertiary/aromatic N) is 3. The minimum absolute atomic E-state index is 0.00893. The summed E-state index contributed by atoms with van der Waals surface area (Å²) >= 11 is 1.05. The summed E-state index contributed by atoms with van der Waals surface area (Å²) in [4.78, 5) is 24.4. The van der Waals surface area contributed by atoms with Crippen LogP contribution in [-0.2, 0) is 24.1 Å². The number of amides is 2. The lowest BCUT2D eigenvalue weighted by Gasteiger charge is -2.10. The molecule has 0 fully saturated rings. The van der Waals surface area contributed by atoms with Crippen LogP contribution in [0.1, 0.15) is 28.7 Å². The van der Waals surface area contributed by atoms with Gasteiger partial charge in [0, 0.05) is 12.2 Å². The van der Waals surface area contributed by atoms with Crippen molar-refractivity contribution >= 4 is 29.3 Å². The standard InChI is InChI=1S/C21H19F4N5O2S/c1-2-30-17(11-26-19(32)15-8-3-4-9-16(15)22)28-29-20(30)33-12-18(31)27-14-7-5-6-13(10-14)21(23,24)25/h3-10H,2,11-12H2,1H3,(H,26,32)(H,27,31). The number of thioether (sulfide) groups is 1. The third kappa shape index (κ3) is 6.31. The minimum Gasteiger partial charge on any atom is -0.345 e. The molecule has 174 valence electrons. The number of nitrogens with one attached hydrogen (secondary N) is 2. The zero-order chi connectivity index (χ0) is 24.0. The van der Waals surface area contributed by atoms with Crippen LogP contribution in [0.3, 0.4) is 0 Å². The fourth-order valence-corrected chi connectivity index (χ4v) is 3.70. The molecule has 0 atom stereocenters. The molecular weight excluding hydrogens is 462 g/mol. The summed E-state index contributed by atoms with van der Waals surface area (Å²) in [5.74, 6) is -1.47. The molecule has 0 spiro atoms. The normalized spacial score (nSPS) is 11.3. The van der Waals surface area contributed by atoms with Crippen molar-refractivity contribution in [2.24, 2.45) is 0 Å². The van der Waals surface area contributed by atoms with Crippen molar-refractivity contribution in [1.82, 2.24) is 20.1 Å². The van der Waals surface area contributed by atoms with Gasteiger partial charge in [-0.1, -0.05) is 30.0 Å². The second-order valence-electron chi connectivity index (χ2n) is 6.72. The maximum atomic E-state index is 13.7. The summed E-state index contributed by atoms with van der Waals surface area (Å²) in [5, 5.41) is 13.4. The molecule has 0 aliphatic carbocycles. The topological polar surface area (TPSA) is 88.9 Å². The van der Waals surface area contributed by atoms with Crippen molar-refractivity contribution < 1.29 is 27.2 Å². The number of carbonyl (C=O) groups is 2. The molecule has 0 bridgehead atoms. The average molecular weight is 481 g/mol. The van der Waals surface area contributed by atoms with Crippen LogP contribution in [0.25, 0.3) is 0 Å². The number of benzene rings is 2. The van der Waals surface area contributed by atoms with E-state index < -0.39 is 29.4 Å². The van der Waals surface area contributed by atoms with E-state index in [0.717, 1.165) is 23.9 Å². The summed E-state index contributed by atoms with van der Waals surface area (Å²) in [6, 6.07) is 9.91. The SMILES string of the molecule is CCn1c(CNC(=O)c2ccccc2F)nnc1SCC(=O)Nc1cccc(C(F)(F)F)c1. The van der Waals surface area contributed by atoms with Crippen LogP contribution in [0, 0.1) is 5.82 Å². The lowest BCUT2D eigenvalue weighted by molar-refractivity contribution is -0.137. The van der Waals surface area contributed by atoms with E-state index in [1.54, 1.807) is 10.6 Å². The summed E-state index contributed by atoms with van der Waals surface area (Å²) in [7, 11) is 0. The zero-order valence-corrected chi connectivity index (χ0v) is 18.1. The first-order chi connectivity index (χ1) is 15.7. The van der Waals surface area contributed by atoms with E-state index in [9.17, 15) is 27.2 Å². The Morgan fingerprint density at radius 3 is 2.55 bits per heavy atom. The van der Waals surface area contributed by atoms with Crippen molar-refractivity contribution in [3.05, 3.63) is 71.3 Å². The molecule has 3 aromatic rings. The van der Waals surface area contributed by atoms with Gasteiger partial charge in [0.15, 0.2) is 11.0 Å². The monoisotopic (exact) mass is 481 g/mol. The van der Waals surface area contributed by atoms with Crippen molar-refractivity contribution in [3.63, 3.8) is 0 Å². The quantitative estimate of drug-likeness (QED) is 0.373. The lowest BCUT2D eigenvalue weighted by atomic mass is 10.2. The first-order valence-electron chi connectivity index (χ1n) is 9.73. The Labute approximate surface area is 190 Å². The highest BCUT2D eigenvalue weighted by atomic mass is 32.2. The van der Waals surface area contributed by atoms with Gasteiger partial charge in [0.2, 0.25) is 5.91 Å². The van der Waals surface area contributed by atoms with E-state index in [-0.39, 0.29) is 23.5 Å². The molecule has 1 heterocycles. The second kappa shape index (κ2) is 10.5. The van der Waals surface area contributed by atoms with E-state index in [2.05, 4.69) is 20.8 Å². The molecule has 0 aliphatic rings. The Balaban J connectivity index is 1.58. The molecule has 0 aliphatic heterocycles. The van der Waals surface area contributed by atoms with Gasteiger partial charge in [-0.2, -0.15) is 13.2 Å². The van der Waals surface area contributed by atoms with Crippen molar-refractivity contribution in [2.45, 2.75) is 31.3 Å². The third-order valence-electron chi connectivity index (χ3n) is 4.44. The van der Waals surface area contributed by atoms with Gasteiger partial charge in [-0.25, -0.2) is 4.39 Å².